The Labute approximate surface area is 131 Å². The van der Waals surface area contributed by atoms with Crippen LogP contribution in [0.25, 0.3) is 0 Å². The molecular formula is C11H15N5O2S3. The van der Waals surface area contributed by atoms with Gasteiger partial charge in [-0.2, -0.15) is 5.10 Å². The zero-order chi connectivity index (χ0) is 15.0. The number of nitrogens with zero attached hydrogens (tertiary/aromatic N) is 5. The van der Waals surface area contributed by atoms with Crippen LogP contribution in [0.5, 0.6) is 0 Å². The van der Waals surface area contributed by atoms with E-state index in [1.807, 2.05) is 13.8 Å². The molecule has 1 aliphatic rings. The molecule has 0 bridgehead atoms. The monoisotopic (exact) mass is 345 g/mol. The maximum Gasteiger partial charge on any atom is 0.174 e. The molecule has 1 aliphatic heterocycles. The van der Waals surface area contributed by atoms with Crippen LogP contribution in [-0.2, 0) is 15.6 Å². The average Bonchev–Trinajstić information content (AvgIpc) is 3.06. The third-order valence-electron chi connectivity index (χ3n) is 3.19. The van der Waals surface area contributed by atoms with Crippen LogP contribution < -0.4 is 0 Å². The molecule has 0 aliphatic carbocycles. The van der Waals surface area contributed by atoms with Gasteiger partial charge in [0, 0.05) is 0 Å². The molecule has 10 heteroatoms. The predicted octanol–water partition coefficient (Wildman–Crippen LogP) is 1.40. The number of hydrogen-bond acceptors (Lipinski definition) is 8. The largest absolute Gasteiger partial charge is 0.245 e. The highest BCUT2D eigenvalue weighted by molar-refractivity contribution is 8.00. The molecule has 0 radical (unpaired) electrons. The Bertz CT molecular complexity index is 752. The molecule has 7 nitrogen and oxygen atoms in total. The van der Waals surface area contributed by atoms with Crippen LogP contribution in [0.3, 0.4) is 0 Å². The molecule has 2 aromatic rings. The van der Waals surface area contributed by atoms with Crippen molar-refractivity contribution in [3.05, 3.63) is 16.7 Å². The summed E-state index contributed by atoms with van der Waals surface area (Å²) in [7, 11) is -2.93. The summed E-state index contributed by atoms with van der Waals surface area (Å²) < 4.78 is 25.9. The van der Waals surface area contributed by atoms with Crippen molar-refractivity contribution in [2.75, 3.05) is 11.5 Å². The van der Waals surface area contributed by atoms with Gasteiger partial charge in [-0.15, -0.1) is 10.2 Å². The van der Waals surface area contributed by atoms with Crippen LogP contribution in [0.1, 0.15) is 29.1 Å². The Balaban J connectivity index is 1.76. The predicted molar refractivity (Wildman–Crippen MR) is 81.3 cm³/mol. The van der Waals surface area contributed by atoms with Crippen molar-refractivity contribution in [2.24, 2.45) is 0 Å². The summed E-state index contributed by atoms with van der Waals surface area (Å²) in [5.74, 6) is 2.48. The third kappa shape index (κ3) is 3.43. The van der Waals surface area contributed by atoms with Gasteiger partial charge in [-0.05, 0) is 20.3 Å². The summed E-state index contributed by atoms with van der Waals surface area (Å²) in [6.45, 7) is 3.74. The van der Waals surface area contributed by atoms with E-state index in [1.54, 1.807) is 16.4 Å². The van der Waals surface area contributed by atoms with E-state index >= 15 is 0 Å². The number of sulfone groups is 1. The van der Waals surface area contributed by atoms with Gasteiger partial charge in [0.05, 0.1) is 23.3 Å². The van der Waals surface area contributed by atoms with Gasteiger partial charge >= 0.3 is 0 Å². The Morgan fingerprint density at radius 2 is 2.19 bits per heavy atom. The first kappa shape index (κ1) is 14.9. The fourth-order valence-electron chi connectivity index (χ4n) is 2.30. The first-order chi connectivity index (χ1) is 9.93. The van der Waals surface area contributed by atoms with Crippen LogP contribution in [0.2, 0.25) is 0 Å². The van der Waals surface area contributed by atoms with Gasteiger partial charge < -0.3 is 0 Å². The molecule has 114 valence electrons. The van der Waals surface area contributed by atoms with Gasteiger partial charge in [0.2, 0.25) is 0 Å². The first-order valence-electron chi connectivity index (χ1n) is 6.48. The third-order valence-corrected chi connectivity index (χ3v) is 6.91. The zero-order valence-corrected chi connectivity index (χ0v) is 14.1. The SMILES string of the molecule is Cc1nc(CSc2nnc(C)s2)n([C@@H]2CCS(=O)(=O)C2)n1. The Morgan fingerprint density at radius 1 is 1.38 bits per heavy atom. The quantitative estimate of drug-likeness (QED) is 0.774. The molecule has 0 saturated carbocycles. The Kier molecular flexibility index (Phi) is 4.02. The molecular weight excluding hydrogens is 330 g/mol. The van der Waals surface area contributed by atoms with Crippen LogP contribution in [0.15, 0.2) is 4.34 Å². The van der Waals surface area contributed by atoms with E-state index < -0.39 is 9.84 Å². The number of aromatic nitrogens is 5. The number of aryl methyl sites for hydroxylation is 2. The van der Waals surface area contributed by atoms with E-state index in [2.05, 4.69) is 20.3 Å². The lowest BCUT2D eigenvalue weighted by Crippen LogP contribution is -2.15. The van der Waals surface area contributed by atoms with Gasteiger partial charge in [0.25, 0.3) is 0 Å². The molecule has 0 amide bonds. The topological polar surface area (TPSA) is 90.6 Å². The lowest BCUT2D eigenvalue weighted by molar-refractivity contribution is 0.482. The Morgan fingerprint density at radius 3 is 2.81 bits per heavy atom. The van der Waals surface area contributed by atoms with Crippen molar-refractivity contribution in [3.8, 4) is 0 Å². The van der Waals surface area contributed by atoms with Crippen molar-refractivity contribution in [1.82, 2.24) is 25.0 Å². The molecule has 3 rings (SSSR count). The highest BCUT2D eigenvalue weighted by Gasteiger charge is 2.31. The molecule has 3 heterocycles. The van der Waals surface area contributed by atoms with Crippen LogP contribution >= 0.6 is 23.1 Å². The number of rotatable bonds is 4. The van der Waals surface area contributed by atoms with E-state index in [0.29, 0.717) is 18.0 Å². The highest BCUT2D eigenvalue weighted by Crippen LogP contribution is 2.28. The van der Waals surface area contributed by atoms with Crippen molar-refractivity contribution in [1.29, 1.82) is 0 Å². The van der Waals surface area contributed by atoms with E-state index in [0.717, 1.165) is 15.2 Å². The maximum absolute atomic E-state index is 11.6. The second-order valence-electron chi connectivity index (χ2n) is 4.95. The average molecular weight is 345 g/mol. The standard InChI is InChI=1S/C11H15N5O2S3/c1-7-12-10(5-19-11-14-13-8(2)20-11)16(15-7)9-3-4-21(17,18)6-9/h9H,3-6H2,1-2H3/t9-/m1/s1. The fraction of sp³-hybridized carbons (Fsp3) is 0.636. The van der Waals surface area contributed by atoms with Gasteiger partial charge in [0.1, 0.15) is 16.7 Å². The van der Waals surface area contributed by atoms with Crippen LogP contribution in [0.4, 0.5) is 0 Å². The summed E-state index contributed by atoms with van der Waals surface area (Å²) >= 11 is 3.09. The van der Waals surface area contributed by atoms with Gasteiger partial charge in [-0.1, -0.05) is 23.1 Å². The smallest absolute Gasteiger partial charge is 0.174 e. The second-order valence-corrected chi connectivity index (χ2v) is 9.59. The number of thioether (sulfide) groups is 1. The lowest BCUT2D eigenvalue weighted by Gasteiger charge is -2.10. The summed E-state index contributed by atoms with van der Waals surface area (Å²) in [4.78, 5) is 4.42. The minimum Gasteiger partial charge on any atom is -0.245 e. The van der Waals surface area contributed by atoms with Gasteiger partial charge in [-0.3, -0.25) is 0 Å². The van der Waals surface area contributed by atoms with Gasteiger partial charge in [-0.25, -0.2) is 18.1 Å². The second kappa shape index (κ2) is 5.65. The number of hydrogen-bond donors (Lipinski definition) is 0. The van der Waals surface area contributed by atoms with Crippen LogP contribution in [0, 0.1) is 13.8 Å². The molecule has 1 fully saturated rings. The summed E-state index contributed by atoms with van der Waals surface area (Å²) in [5.41, 5.74) is 0. The molecule has 0 unspecified atom stereocenters. The van der Waals surface area contributed by atoms with Crippen molar-refractivity contribution in [2.45, 2.75) is 36.4 Å². The normalized spacial score (nSPS) is 21.0. The molecule has 1 atom stereocenters. The summed E-state index contributed by atoms with van der Waals surface area (Å²) in [6.07, 6.45) is 0.612. The lowest BCUT2D eigenvalue weighted by atomic mass is 10.3. The van der Waals surface area contributed by atoms with E-state index in [1.165, 1.54) is 11.3 Å². The first-order valence-corrected chi connectivity index (χ1v) is 10.1. The molecule has 0 N–H and O–H groups in total. The summed E-state index contributed by atoms with van der Waals surface area (Å²) in [5, 5.41) is 13.3. The maximum atomic E-state index is 11.6. The zero-order valence-electron chi connectivity index (χ0n) is 11.7. The van der Waals surface area contributed by atoms with E-state index in [4.69, 9.17) is 0 Å². The molecule has 0 aromatic carbocycles. The minimum absolute atomic E-state index is 0.0945. The van der Waals surface area contributed by atoms with E-state index in [9.17, 15) is 8.42 Å². The van der Waals surface area contributed by atoms with Crippen molar-refractivity contribution in [3.63, 3.8) is 0 Å². The highest BCUT2D eigenvalue weighted by atomic mass is 32.2. The summed E-state index contributed by atoms with van der Waals surface area (Å²) in [6, 6.07) is -0.0945. The molecule has 2 aromatic heterocycles. The molecule has 0 spiro atoms. The minimum atomic E-state index is -2.93. The van der Waals surface area contributed by atoms with Crippen molar-refractivity contribution >= 4 is 32.9 Å². The van der Waals surface area contributed by atoms with Gasteiger partial charge in [0.15, 0.2) is 14.2 Å². The van der Waals surface area contributed by atoms with Crippen molar-refractivity contribution < 1.29 is 8.42 Å². The fourth-order valence-corrected chi connectivity index (χ4v) is 5.73. The van der Waals surface area contributed by atoms with E-state index in [-0.39, 0.29) is 17.5 Å². The van der Waals surface area contributed by atoms with Crippen LogP contribution in [-0.4, -0.2) is 44.9 Å². The Hall–Kier alpha value is -1.00. The molecule has 21 heavy (non-hydrogen) atoms. The molecule has 1 saturated heterocycles.